The van der Waals surface area contributed by atoms with Crippen molar-refractivity contribution >= 4 is 45.5 Å². The minimum absolute atomic E-state index is 0.177. The number of ether oxygens (including phenoxy) is 1. The third-order valence-corrected chi connectivity index (χ3v) is 4.53. The van der Waals surface area contributed by atoms with Gasteiger partial charge in [0.15, 0.2) is 0 Å². The zero-order chi connectivity index (χ0) is 18.7. The zero-order valence-electron chi connectivity index (χ0n) is 14.0. The highest BCUT2D eigenvalue weighted by Gasteiger charge is 2.33. The molecule has 1 saturated heterocycles. The SMILES string of the molecule is CCOc1ccc(Br)cc1C=C1NC(=O)N(Cc2ccc(Cl)cc2)C1=O. The fourth-order valence-corrected chi connectivity index (χ4v) is 3.07. The van der Waals surface area contributed by atoms with E-state index in [1.54, 1.807) is 30.3 Å². The predicted octanol–water partition coefficient (Wildman–Crippen LogP) is 4.59. The van der Waals surface area contributed by atoms with Crippen LogP contribution in [0.3, 0.4) is 0 Å². The molecule has 134 valence electrons. The molecule has 0 aromatic heterocycles. The molecule has 7 heteroatoms. The number of amides is 3. The third kappa shape index (κ3) is 4.08. The molecule has 3 rings (SSSR count). The molecule has 1 heterocycles. The van der Waals surface area contributed by atoms with Crippen LogP contribution in [-0.2, 0) is 11.3 Å². The number of hydrogen-bond acceptors (Lipinski definition) is 3. The van der Waals surface area contributed by atoms with Gasteiger partial charge in [0.25, 0.3) is 5.91 Å². The Balaban J connectivity index is 1.85. The Morgan fingerprint density at radius 1 is 1.19 bits per heavy atom. The van der Waals surface area contributed by atoms with Gasteiger partial charge in [-0.1, -0.05) is 39.7 Å². The van der Waals surface area contributed by atoms with Crippen molar-refractivity contribution in [3.05, 3.63) is 68.8 Å². The number of carbonyl (C=O) groups excluding carboxylic acids is 2. The van der Waals surface area contributed by atoms with E-state index >= 15 is 0 Å². The molecule has 0 unspecified atom stereocenters. The molecule has 0 aliphatic carbocycles. The van der Waals surface area contributed by atoms with Crippen LogP contribution < -0.4 is 10.1 Å². The van der Waals surface area contributed by atoms with Crippen LogP contribution in [0.1, 0.15) is 18.1 Å². The summed E-state index contributed by atoms with van der Waals surface area (Å²) in [7, 11) is 0. The Morgan fingerprint density at radius 3 is 2.62 bits per heavy atom. The number of hydrogen-bond donors (Lipinski definition) is 1. The van der Waals surface area contributed by atoms with Crippen LogP contribution in [0, 0.1) is 0 Å². The van der Waals surface area contributed by atoms with E-state index in [2.05, 4.69) is 21.2 Å². The van der Waals surface area contributed by atoms with Gasteiger partial charge in [0, 0.05) is 15.1 Å². The molecule has 1 N–H and O–H groups in total. The number of carbonyl (C=O) groups is 2. The van der Waals surface area contributed by atoms with Crippen molar-refractivity contribution in [2.45, 2.75) is 13.5 Å². The summed E-state index contributed by atoms with van der Waals surface area (Å²) < 4.78 is 6.43. The summed E-state index contributed by atoms with van der Waals surface area (Å²) in [6.07, 6.45) is 1.62. The first-order chi connectivity index (χ1) is 12.5. The van der Waals surface area contributed by atoms with Crippen LogP contribution in [-0.4, -0.2) is 23.4 Å². The highest BCUT2D eigenvalue weighted by atomic mass is 79.9. The van der Waals surface area contributed by atoms with Gasteiger partial charge in [-0.3, -0.25) is 9.69 Å². The molecule has 1 fully saturated rings. The van der Waals surface area contributed by atoms with Crippen LogP contribution in [0.25, 0.3) is 6.08 Å². The second kappa shape index (κ2) is 7.93. The number of nitrogens with one attached hydrogen (secondary N) is 1. The standard InChI is InChI=1S/C19H16BrClN2O3/c1-2-26-17-8-5-14(20)9-13(17)10-16-18(24)23(19(25)22-16)11-12-3-6-15(21)7-4-12/h3-10H,2,11H2,1H3,(H,22,25). The minimum atomic E-state index is -0.454. The smallest absolute Gasteiger partial charge is 0.329 e. The lowest BCUT2D eigenvalue weighted by atomic mass is 10.1. The maximum absolute atomic E-state index is 12.6. The number of nitrogens with zero attached hydrogens (tertiary/aromatic N) is 1. The summed E-state index contributed by atoms with van der Waals surface area (Å²) in [5, 5.41) is 3.23. The second-order valence-electron chi connectivity index (χ2n) is 5.62. The van der Waals surface area contributed by atoms with Gasteiger partial charge in [0.05, 0.1) is 13.2 Å². The molecule has 0 atom stereocenters. The Kier molecular flexibility index (Phi) is 5.64. The molecule has 1 aliphatic rings. The summed E-state index contributed by atoms with van der Waals surface area (Å²) in [6, 6.07) is 12.1. The quantitative estimate of drug-likeness (QED) is 0.552. The van der Waals surface area contributed by atoms with E-state index in [0.717, 1.165) is 14.9 Å². The van der Waals surface area contributed by atoms with E-state index in [-0.39, 0.29) is 18.1 Å². The number of rotatable bonds is 5. The van der Waals surface area contributed by atoms with Crippen molar-refractivity contribution in [1.29, 1.82) is 0 Å². The molecule has 2 aromatic carbocycles. The molecule has 3 amide bonds. The molecular formula is C19H16BrClN2O3. The maximum Gasteiger partial charge on any atom is 0.329 e. The van der Waals surface area contributed by atoms with E-state index in [9.17, 15) is 9.59 Å². The normalized spacial score (nSPS) is 15.5. The van der Waals surface area contributed by atoms with Gasteiger partial charge >= 0.3 is 6.03 Å². The Morgan fingerprint density at radius 2 is 1.92 bits per heavy atom. The number of benzene rings is 2. The average Bonchev–Trinajstić information content (AvgIpc) is 2.87. The lowest BCUT2D eigenvalue weighted by Crippen LogP contribution is -2.30. The molecule has 0 spiro atoms. The van der Waals surface area contributed by atoms with E-state index in [1.807, 2.05) is 25.1 Å². The van der Waals surface area contributed by atoms with Crippen molar-refractivity contribution in [1.82, 2.24) is 10.2 Å². The third-order valence-electron chi connectivity index (χ3n) is 3.79. The van der Waals surface area contributed by atoms with Gasteiger partial charge in [0.2, 0.25) is 0 Å². The Bertz CT molecular complexity index is 881. The molecule has 0 bridgehead atoms. The summed E-state index contributed by atoms with van der Waals surface area (Å²) in [5.41, 5.74) is 1.73. The van der Waals surface area contributed by atoms with Gasteiger partial charge in [-0.2, -0.15) is 0 Å². The summed E-state index contributed by atoms with van der Waals surface area (Å²) >= 11 is 9.28. The van der Waals surface area contributed by atoms with Crippen molar-refractivity contribution < 1.29 is 14.3 Å². The first-order valence-electron chi connectivity index (χ1n) is 7.99. The molecular weight excluding hydrogens is 420 g/mol. The lowest BCUT2D eigenvalue weighted by Gasteiger charge is -2.11. The summed E-state index contributed by atoms with van der Waals surface area (Å²) in [5.74, 6) is 0.258. The number of urea groups is 1. The molecule has 2 aromatic rings. The molecule has 1 aliphatic heterocycles. The summed E-state index contributed by atoms with van der Waals surface area (Å²) in [6.45, 7) is 2.56. The van der Waals surface area contributed by atoms with Crippen molar-refractivity contribution in [3.8, 4) is 5.75 Å². The number of halogens is 2. The van der Waals surface area contributed by atoms with Crippen molar-refractivity contribution in [2.75, 3.05) is 6.61 Å². The Hall–Kier alpha value is -2.31. The van der Waals surface area contributed by atoms with Crippen molar-refractivity contribution in [2.24, 2.45) is 0 Å². The predicted molar refractivity (Wildman–Crippen MR) is 104 cm³/mol. The van der Waals surface area contributed by atoms with Crippen LogP contribution >= 0.6 is 27.5 Å². The molecule has 26 heavy (non-hydrogen) atoms. The van der Waals surface area contributed by atoms with Crippen LogP contribution in [0.15, 0.2) is 52.6 Å². The van der Waals surface area contributed by atoms with Crippen molar-refractivity contribution in [3.63, 3.8) is 0 Å². The first-order valence-corrected chi connectivity index (χ1v) is 9.16. The second-order valence-corrected chi connectivity index (χ2v) is 6.97. The minimum Gasteiger partial charge on any atom is -0.493 e. The molecule has 0 radical (unpaired) electrons. The van der Waals surface area contributed by atoms with Crippen LogP contribution in [0.4, 0.5) is 4.79 Å². The van der Waals surface area contributed by atoms with Crippen LogP contribution in [0.5, 0.6) is 5.75 Å². The monoisotopic (exact) mass is 434 g/mol. The van der Waals surface area contributed by atoms with Gasteiger partial charge in [-0.05, 0) is 48.9 Å². The van der Waals surface area contributed by atoms with E-state index in [4.69, 9.17) is 16.3 Å². The zero-order valence-corrected chi connectivity index (χ0v) is 16.3. The maximum atomic E-state index is 12.6. The van der Waals surface area contributed by atoms with Gasteiger partial charge in [-0.15, -0.1) is 0 Å². The lowest BCUT2D eigenvalue weighted by molar-refractivity contribution is -0.123. The van der Waals surface area contributed by atoms with E-state index < -0.39 is 6.03 Å². The average molecular weight is 436 g/mol. The fraction of sp³-hybridized carbons (Fsp3) is 0.158. The highest BCUT2D eigenvalue weighted by molar-refractivity contribution is 9.10. The Labute approximate surface area is 164 Å². The number of imide groups is 1. The van der Waals surface area contributed by atoms with E-state index in [0.29, 0.717) is 22.9 Å². The first kappa shape index (κ1) is 18.5. The topological polar surface area (TPSA) is 58.6 Å². The molecule has 5 nitrogen and oxygen atoms in total. The summed E-state index contributed by atoms with van der Waals surface area (Å²) in [4.78, 5) is 26.0. The molecule has 0 saturated carbocycles. The fourth-order valence-electron chi connectivity index (χ4n) is 2.56. The van der Waals surface area contributed by atoms with Gasteiger partial charge in [0.1, 0.15) is 11.4 Å². The van der Waals surface area contributed by atoms with E-state index in [1.165, 1.54) is 0 Å². The van der Waals surface area contributed by atoms with Gasteiger partial charge < -0.3 is 10.1 Å². The van der Waals surface area contributed by atoms with Gasteiger partial charge in [-0.25, -0.2) is 4.79 Å². The largest absolute Gasteiger partial charge is 0.493 e. The highest BCUT2D eigenvalue weighted by Crippen LogP contribution is 2.27. The van der Waals surface area contributed by atoms with Crippen LogP contribution in [0.2, 0.25) is 5.02 Å².